The summed E-state index contributed by atoms with van der Waals surface area (Å²) in [5, 5.41) is 9.46. The molecule has 160 valence electrons. The van der Waals surface area contributed by atoms with E-state index in [1.807, 2.05) is 36.4 Å². The molecule has 0 bridgehead atoms. The number of rotatable bonds is 10. The molecule has 0 aromatic heterocycles. The van der Waals surface area contributed by atoms with Crippen molar-refractivity contribution in [1.82, 2.24) is 4.90 Å². The Balaban J connectivity index is 1.59. The Labute approximate surface area is 176 Å². The Morgan fingerprint density at radius 3 is 2.57 bits per heavy atom. The third kappa shape index (κ3) is 6.23. The van der Waals surface area contributed by atoms with Gasteiger partial charge < -0.3 is 24.1 Å². The van der Waals surface area contributed by atoms with Crippen molar-refractivity contribution in [3.8, 4) is 11.5 Å². The van der Waals surface area contributed by atoms with Crippen LogP contribution in [0.5, 0.6) is 11.5 Å². The lowest BCUT2D eigenvalue weighted by atomic mass is 10.0. The number of carboxylic acids is 1. The van der Waals surface area contributed by atoms with Gasteiger partial charge >= 0.3 is 5.97 Å². The van der Waals surface area contributed by atoms with Crippen molar-refractivity contribution < 1.29 is 28.8 Å². The van der Waals surface area contributed by atoms with E-state index in [2.05, 4.69) is 4.90 Å². The van der Waals surface area contributed by atoms with Gasteiger partial charge in [0.15, 0.2) is 0 Å². The third-order valence-corrected chi connectivity index (χ3v) is 4.75. The van der Waals surface area contributed by atoms with Gasteiger partial charge in [-0.15, -0.1) is 0 Å². The summed E-state index contributed by atoms with van der Waals surface area (Å²) in [5.41, 5.74) is 1.39. The number of ether oxygens (including phenoxy) is 4. The van der Waals surface area contributed by atoms with Crippen molar-refractivity contribution in [3.05, 3.63) is 65.9 Å². The van der Waals surface area contributed by atoms with Crippen LogP contribution in [-0.4, -0.2) is 62.5 Å². The first-order chi connectivity index (χ1) is 14.7. The van der Waals surface area contributed by atoms with Crippen molar-refractivity contribution in [2.75, 3.05) is 46.6 Å². The van der Waals surface area contributed by atoms with Crippen LogP contribution in [0.25, 0.3) is 5.57 Å². The number of carbonyl (C=O) groups is 1. The number of nitrogens with zero attached hydrogens (tertiary/aromatic N) is 1. The van der Waals surface area contributed by atoms with Gasteiger partial charge in [-0.25, -0.2) is 4.79 Å². The van der Waals surface area contributed by atoms with Crippen molar-refractivity contribution in [1.29, 1.82) is 0 Å². The minimum Gasteiger partial charge on any atom is -0.503 e. The molecule has 0 radical (unpaired) electrons. The Hall–Kier alpha value is -3.03. The fraction of sp³-hybridized carbons (Fsp3) is 0.348. The zero-order chi connectivity index (χ0) is 21.2. The molecule has 30 heavy (non-hydrogen) atoms. The molecule has 0 saturated carbocycles. The summed E-state index contributed by atoms with van der Waals surface area (Å²) in [6, 6.07) is 14.7. The first kappa shape index (κ1) is 21.7. The SMILES string of the molecule is CO/C=C(\C(=O)O)c1ccccc1COc1cccc(OCCN2CCOCC2)c1. The maximum Gasteiger partial charge on any atom is 0.339 e. The molecule has 7 nitrogen and oxygen atoms in total. The van der Waals surface area contributed by atoms with Gasteiger partial charge in [0.1, 0.15) is 30.3 Å². The normalized spacial score (nSPS) is 14.9. The second kappa shape index (κ2) is 11.2. The molecule has 1 aliphatic heterocycles. The molecule has 2 aromatic rings. The van der Waals surface area contributed by atoms with Gasteiger partial charge in [-0.1, -0.05) is 30.3 Å². The molecule has 1 fully saturated rings. The van der Waals surface area contributed by atoms with E-state index in [4.69, 9.17) is 18.9 Å². The Morgan fingerprint density at radius 1 is 1.10 bits per heavy atom. The molecule has 0 atom stereocenters. The summed E-state index contributed by atoms with van der Waals surface area (Å²) >= 11 is 0. The predicted molar refractivity (Wildman–Crippen MR) is 113 cm³/mol. The predicted octanol–water partition coefficient (Wildman–Crippen LogP) is 3.05. The minimum atomic E-state index is -1.06. The number of hydrogen-bond acceptors (Lipinski definition) is 6. The highest BCUT2D eigenvalue weighted by Gasteiger charge is 2.15. The number of methoxy groups -OCH3 is 1. The standard InChI is InChI=1S/C23H27NO6/c1-27-17-22(23(25)26)21-8-3-2-5-18(21)16-30-20-7-4-6-19(15-20)29-14-11-24-9-12-28-13-10-24/h2-8,15,17H,9-14,16H2,1H3,(H,25,26)/b22-17-. The van der Waals surface area contributed by atoms with Crippen molar-refractivity contribution in [2.45, 2.75) is 6.61 Å². The summed E-state index contributed by atoms with van der Waals surface area (Å²) in [6.45, 7) is 5.08. The number of hydrogen-bond donors (Lipinski definition) is 1. The highest BCUT2D eigenvalue weighted by molar-refractivity contribution is 6.15. The van der Waals surface area contributed by atoms with Crippen LogP contribution in [-0.2, 0) is 20.9 Å². The summed E-state index contributed by atoms with van der Waals surface area (Å²) in [7, 11) is 1.42. The average Bonchev–Trinajstić information content (AvgIpc) is 2.77. The van der Waals surface area contributed by atoms with Crippen LogP contribution in [0.15, 0.2) is 54.8 Å². The monoisotopic (exact) mass is 413 g/mol. The van der Waals surface area contributed by atoms with E-state index < -0.39 is 5.97 Å². The highest BCUT2D eigenvalue weighted by atomic mass is 16.5. The van der Waals surface area contributed by atoms with E-state index in [9.17, 15) is 9.90 Å². The van der Waals surface area contributed by atoms with E-state index in [-0.39, 0.29) is 12.2 Å². The van der Waals surface area contributed by atoms with E-state index >= 15 is 0 Å². The van der Waals surface area contributed by atoms with E-state index in [1.165, 1.54) is 13.4 Å². The fourth-order valence-corrected chi connectivity index (χ4v) is 3.19. The molecule has 0 unspecified atom stereocenters. The van der Waals surface area contributed by atoms with Crippen LogP contribution in [0.3, 0.4) is 0 Å². The molecule has 0 aliphatic carbocycles. The topological polar surface area (TPSA) is 77.5 Å². The molecule has 7 heteroatoms. The molecule has 3 rings (SSSR count). The van der Waals surface area contributed by atoms with Gasteiger partial charge in [0.2, 0.25) is 0 Å². The fourth-order valence-electron chi connectivity index (χ4n) is 3.19. The average molecular weight is 413 g/mol. The maximum atomic E-state index is 11.6. The van der Waals surface area contributed by atoms with Crippen LogP contribution in [0.4, 0.5) is 0 Å². The number of carboxylic acid groups (broad SMARTS) is 1. The first-order valence-corrected chi connectivity index (χ1v) is 9.87. The molecule has 2 aromatic carbocycles. The van der Waals surface area contributed by atoms with Gasteiger partial charge in [0.25, 0.3) is 0 Å². The largest absolute Gasteiger partial charge is 0.503 e. The highest BCUT2D eigenvalue weighted by Crippen LogP contribution is 2.24. The number of benzene rings is 2. The molecule has 0 spiro atoms. The molecular weight excluding hydrogens is 386 g/mol. The first-order valence-electron chi connectivity index (χ1n) is 9.87. The van der Waals surface area contributed by atoms with Gasteiger partial charge in [0.05, 0.1) is 26.6 Å². The lowest BCUT2D eigenvalue weighted by molar-refractivity contribution is -0.130. The van der Waals surface area contributed by atoms with Gasteiger partial charge in [0, 0.05) is 25.7 Å². The minimum absolute atomic E-state index is 0.0805. The molecule has 1 aliphatic rings. The van der Waals surface area contributed by atoms with Crippen LogP contribution in [0.2, 0.25) is 0 Å². The Kier molecular flexibility index (Phi) is 8.11. The Morgan fingerprint density at radius 2 is 1.83 bits per heavy atom. The Bertz CT molecular complexity index is 860. The van der Waals surface area contributed by atoms with Crippen LogP contribution < -0.4 is 9.47 Å². The zero-order valence-electron chi connectivity index (χ0n) is 17.1. The van der Waals surface area contributed by atoms with E-state index in [1.54, 1.807) is 12.1 Å². The summed E-state index contributed by atoms with van der Waals surface area (Å²) in [5.74, 6) is 0.334. The van der Waals surface area contributed by atoms with Crippen LogP contribution >= 0.6 is 0 Å². The second-order valence-corrected chi connectivity index (χ2v) is 6.80. The molecule has 1 N–H and O–H groups in total. The van der Waals surface area contributed by atoms with E-state index in [0.29, 0.717) is 17.9 Å². The summed E-state index contributed by atoms with van der Waals surface area (Å²) < 4.78 is 22.0. The van der Waals surface area contributed by atoms with Crippen molar-refractivity contribution in [3.63, 3.8) is 0 Å². The lowest BCUT2D eigenvalue weighted by Crippen LogP contribution is -2.38. The molecule has 1 heterocycles. The maximum absolute atomic E-state index is 11.6. The summed E-state index contributed by atoms with van der Waals surface area (Å²) in [4.78, 5) is 13.9. The molecule has 0 amide bonds. The van der Waals surface area contributed by atoms with Crippen LogP contribution in [0.1, 0.15) is 11.1 Å². The van der Waals surface area contributed by atoms with Crippen molar-refractivity contribution in [2.24, 2.45) is 0 Å². The molecule has 1 saturated heterocycles. The lowest BCUT2D eigenvalue weighted by Gasteiger charge is -2.26. The summed E-state index contributed by atoms with van der Waals surface area (Å²) in [6.07, 6.45) is 1.23. The van der Waals surface area contributed by atoms with E-state index in [0.717, 1.165) is 44.2 Å². The van der Waals surface area contributed by atoms with Crippen LogP contribution in [0, 0.1) is 0 Å². The van der Waals surface area contributed by atoms with Crippen molar-refractivity contribution >= 4 is 11.5 Å². The third-order valence-electron chi connectivity index (χ3n) is 4.75. The van der Waals surface area contributed by atoms with Gasteiger partial charge in [-0.3, -0.25) is 4.90 Å². The van der Waals surface area contributed by atoms with Gasteiger partial charge in [-0.05, 0) is 23.3 Å². The molecular formula is C23H27NO6. The zero-order valence-corrected chi connectivity index (χ0v) is 17.1. The smallest absolute Gasteiger partial charge is 0.339 e. The second-order valence-electron chi connectivity index (χ2n) is 6.80. The van der Waals surface area contributed by atoms with Gasteiger partial charge in [-0.2, -0.15) is 0 Å². The number of morpholine rings is 1. The quantitative estimate of drug-likeness (QED) is 0.474. The number of aliphatic carboxylic acids is 1.